The van der Waals surface area contributed by atoms with Crippen molar-refractivity contribution in [3.05, 3.63) is 73.2 Å². The third-order valence-electron chi connectivity index (χ3n) is 5.05. The van der Waals surface area contributed by atoms with Crippen LogP contribution in [0.5, 0.6) is 5.75 Å². The number of methoxy groups -OCH3 is 1. The zero-order chi connectivity index (χ0) is 22.8. The Hall–Kier alpha value is -2.55. The number of Topliss-reactive ketones (excluding diaryl/α,β-unsaturated/α-hetero) is 1. The van der Waals surface area contributed by atoms with Gasteiger partial charge in [0.1, 0.15) is 11.0 Å². The van der Waals surface area contributed by atoms with Crippen LogP contribution in [0.1, 0.15) is 40.7 Å². The first kappa shape index (κ1) is 22.6. The number of aryl methyl sites for hydroxylation is 4. The molecule has 1 atom stereocenters. The quantitative estimate of drug-likeness (QED) is 0.218. The molecule has 3 heterocycles. The van der Waals surface area contributed by atoms with Crippen molar-refractivity contribution in [2.75, 3.05) is 7.11 Å². The first-order valence-electron chi connectivity index (χ1n) is 10.0. The van der Waals surface area contributed by atoms with Crippen molar-refractivity contribution >= 4 is 40.2 Å². The lowest BCUT2D eigenvalue weighted by atomic mass is 10.0. The van der Waals surface area contributed by atoms with E-state index in [0.717, 1.165) is 37.1 Å². The average Bonchev–Trinajstić information content (AvgIpc) is 3.31. The Kier molecular flexibility index (Phi) is 6.74. The normalized spacial score (nSPS) is 12.0. The van der Waals surface area contributed by atoms with Gasteiger partial charge in [-0.2, -0.15) is 5.10 Å². The van der Waals surface area contributed by atoms with Crippen LogP contribution in [0, 0.1) is 27.7 Å². The maximum absolute atomic E-state index is 13.7. The van der Waals surface area contributed by atoms with Gasteiger partial charge in [0.15, 0.2) is 5.78 Å². The topological polar surface area (TPSA) is 65.0 Å². The molecule has 4 rings (SSSR count). The van der Waals surface area contributed by atoms with E-state index in [2.05, 4.69) is 30.1 Å². The lowest BCUT2D eigenvalue weighted by Crippen LogP contribution is -2.11. The first-order chi connectivity index (χ1) is 15.4. The summed E-state index contributed by atoms with van der Waals surface area (Å²) in [4.78, 5) is 22.9. The fourth-order valence-electron chi connectivity index (χ4n) is 3.53. The van der Waals surface area contributed by atoms with Crippen LogP contribution in [0.15, 0.2) is 47.8 Å². The van der Waals surface area contributed by atoms with Crippen molar-refractivity contribution in [3.8, 4) is 17.0 Å². The first-order valence-corrected chi connectivity index (χ1v) is 12.6. The van der Waals surface area contributed by atoms with Crippen LogP contribution in [0.4, 0.5) is 0 Å². The summed E-state index contributed by atoms with van der Waals surface area (Å²) >= 11 is 4.71. The summed E-state index contributed by atoms with van der Waals surface area (Å²) in [6.45, 7) is 8.16. The number of hydrogen-bond donors (Lipinski definition) is 0. The molecule has 5 nitrogen and oxygen atoms in total. The molecule has 0 radical (unpaired) electrons. The molecule has 8 heteroatoms. The Morgan fingerprint density at radius 1 is 1.00 bits per heavy atom. The predicted octanol–water partition coefficient (Wildman–Crippen LogP) is 6.62. The van der Waals surface area contributed by atoms with Gasteiger partial charge in [-0.15, -0.1) is 27.8 Å². The number of rotatable bonds is 7. The van der Waals surface area contributed by atoms with Crippen molar-refractivity contribution in [2.45, 2.75) is 38.1 Å². The summed E-state index contributed by atoms with van der Waals surface area (Å²) in [6, 6.07) is 11.7. The SMILES string of the molecule is COc1ccc(-c2cnnc(SC(C(=O)c3cc(C)sc3C)c3cc(C)sc3C)n2)cc1. The van der Waals surface area contributed by atoms with Crippen molar-refractivity contribution in [3.63, 3.8) is 0 Å². The highest BCUT2D eigenvalue weighted by Crippen LogP contribution is 2.41. The molecule has 0 aliphatic carbocycles. The fourth-order valence-corrected chi connectivity index (χ4v) is 6.56. The summed E-state index contributed by atoms with van der Waals surface area (Å²) < 4.78 is 5.24. The van der Waals surface area contributed by atoms with Crippen molar-refractivity contribution < 1.29 is 9.53 Å². The summed E-state index contributed by atoms with van der Waals surface area (Å²) in [6.07, 6.45) is 1.63. The number of ketones is 1. The Labute approximate surface area is 199 Å². The Morgan fingerprint density at radius 2 is 1.69 bits per heavy atom. The molecule has 1 unspecified atom stereocenters. The van der Waals surface area contributed by atoms with E-state index in [1.54, 1.807) is 36.0 Å². The second-order valence-corrected chi connectivity index (χ2v) is 11.4. The van der Waals surface area contributed by atoms with Crippen LogP contribution in [0.25, 0.3) is 11.3 Å². The highest BCUT2D eigenvalue weighted by atomic mass is 32.2. The molecular weight excluding hydrogens is 458 g/mol. The molecular formula is C24H23N3O2S3. The van der Waals surface area contributed by atoms with Gasteiger partial charge in [0.25, 0.3) is 0 Å². The lowest BCUT2D eigenvalue weighted by molar-refractivity contribution is 0.0989. The second-order valence-electron chi connectivity index (χ2n) is 7.41. The minimum atomic E-state index is -0.430. The van der Waals surface area contributed by atoms with Crippen LogP contribution in [-0.4, -0.2) is 28.1 Å². The van der Waals surface area contributed by atoms with Crippen LogP contribution >= 0.6 is 34.4 Å². The van der Waals surface area contributed by atoms with Crippen molar-refractivity contribution in [2.24, 2.45) is 0 Å². The number of carbonyl (C=O) groups is 1. The van der Waals surface area contributed by atoms with E-state index in [-0.39, 0.29) is 5.78 Å². The molecule has 0 spiro atoms. The number of nitrogens with zero attached hydrogens (tertiary/aromatic N) is 3. The molecule has 0 amide bonds. The van der Waals surface area contributed by atoms with Gasteiger partial charge in [0.05, 0.1) is 19.0 Å². The van der Waals surface area contributed by atoms with E-state index in [4.69, 9.17) is 9.72 Å². The van der Waals surface area contributed by atoms with Gasteiger partial charge in [-0.25, -0.2) is 4.98 Å². The zero-order valence-corrected chi connectivity index (χ0v) is 21.0. The molecule has 164 valence electrons. The van der Waals surface area contributed by atoms with Crippen LogP contribution < -0.4 is 4.74 Å². The standard InChI is InChI=1S/C24H23N3O2S3/c1-13-10-19(15(3)30-13)22(28)23(20-11-14(2)31-16(20)4)32-24-26-21(12-25-27-24)17-6-8-18(29-5)9-7-17/h6-12,23H,1-5H3. The number of hydrogen-bond acceptors (Lipinski definition) is 8. The van der Waals surface area contributed by atoms with Crippen LogP contribution in [0.3, 0.4) is 0 Å². The van der Waals surface area contributed by atoms with E-state index in [0.29, 0.717) is 10.9 Å². The van der Waals surface area contributed by atoms with Crippen LogP contribution in [-0.2, 0) is 0 Å². The van der Waals surface area contributed by atoms with Crippen LogP contribution in [0.2, 0.25) is 0 Å². The number of thiophene rings is 2. The molecule has 0 aliphatic rings. The number of benzene rings is 1. The van der Waals surface area contributed by atoms with Gasteiger partial charge in [-0.3, -0.25) is 4.79 Å². The average molecular weight is 482 g/mol. The number of carbonyl (C=O) groups excluding carboxylic acids is 1. The number of thioether (sulfide) groups is 1. The molecule has 1 aromatic carbocycles. The molecule has 0 fully saturated rings. The maximum Gasteiger partial charge on any atom is 0.210 e. The Balaban J connectivity index is 1.70. The molecule has 32 heavy (non-hydrogen) atoms. The molecule has 0 bridgehead atoms. The molecule has 0 saturated carbocycles. The van der Waals surface area contributed by atoms with E-state index in [9.17, 15) is 4.79 Å². The summed E-state index contributed by atoms with van der Waals surface area (Å²) in [7, 11) is 1.64. The molecule has 3 aromatic heterocycles. The third kappa shape index (κ3) is 4.77. The minimum Gasteiger partial charge on any atom is -0.497 e. The van der Waals surface area contributed by atoms with Gasteiger partial charge in [-0.05, 0) is 69.7 Å². The Morgan fingerprint density at radius 3 is 2.28 bits per heavy atom. The van der Waals surface area contributed by atoms with Gasteiger partial charge in [0.2, 0.25) is 5.16 Å². The van der Waals surface area contributed by atoms with Crippen molar-refractivity contribution in [1.29, 1.82) is 0 Å². The van der Waals surface area contributed by atoms with E-state index < -0.39 is 5.25 Å². The molecule has 0 N–H and O–H groups in total. The minimum absolute atomic E-state index is 0.0798. The Bertz CT molecular complexity index is 1260. The van der Waals surface area contributed by atoms with Gasteiger partial charge in [-0.1, -0.05) is 11.8 Å². The third-order valence-corrected chi connectivity index (χ3v) is 8.09. The fraction of sp³-hybridized carbons (Fsp3) is 0.250. The van der Waals surface area contributed by atoms with E-state index in [1.807, 2.05) is 44.2 Å². The molecule has 0 aliphatic heterocycles. The largest absolute Gasteiger partial charge is 0.497 e. The summed E-state index contributed by atoms with van der Waals surface area (Å²) in [5.41, 5.74) is 3.41. The van der Waals surface area contributed by atoms with E-state index in [1.165, 1.54) is 16.6 Å². The highest BCUT2D eigenvalue weighted by molar-refractivity contribution is 8.00. The predicted molar refractivity (Wildman–Crippen MR) is 132 cm³/mol. The monoisotopic (exact) mass is 481 g/mol. The summed E-state index contributed by atoms with van der Waals surface area (Å²) in [5.74, 6) is 0.858. The number of ether oxygens (including phenoxy) is 1. The molecule has 4 aromatic rings. The summed E-state index contributed by atoms with van der Waals surface area (Å²) in [5, 5.41) is 8.44. The van der Waals surface area contributed by atoms with Gasteiger partial charge >= 0.3 is 0 Å². The maximum atomic E-state index is 13.7. The second kappa shape index (κ2) is 9.52. The number of aromatic nitrogens is 3. The lowest BCUT2D eigenvalue weighted by Gasteiger charge is -2.15. The van der Waals surface area contributed by atoms with Gasteiger partial charge < -0.3 is 4.74 Å². The zero-order valence-electron chi connectivity index (χ0n) is 18.5. The smallest absolute Gasteiger partial charge is 0.210 e. The van der Waals surface area contributed by atoms with Gasteiger partial charge in [0, 0.05) is 30.6 Å². The molecule has 0 saturated heterocycles. The highest BCUT2D eigenvalue weighted by Gasteiger charge is 2.29. The van der Waals surface area contributed by atoms with E-state index >= 15 is 0 Å². The van der Waals surface area contributed by atoms with Crippen molar-refractivity contribution in [1.82, 2.24) is 15.2 Å².